The van der Waals surface area contributed by atoms with Gasteiger partial charge in [0.2, 0.25) is 15.8 Å². The van der Waals surface area contributed by atoms with Crippen LogP contribution in [0.3, 0.4) is 0 Å². The molecule has 0 heterocycles. The molecule has 0 atom stereocenters. The number of sulfonamides is 1. The summed E-state index contributed by atoms with van der Waals surface area (Å²) >= 11 is 0. The molecule has 2 aromatic carbocycles. The average molecular weight is 393 g/mol. The summed E-state index contributed by atoms with van der Waals surface area (Å²) in [4.78, 5) is 33.3. The summed E-state index contributed by atoms with van der Waals surface area (Å²) in [5.74, 6) is -1.80. The van der Waals surface area contributed by atoms with Crippen molar-refractivity contribution in [1.29, 1.82) is 0 Å². The van der Waals surface area contributed by atoms with E-state index in [9.17, 15) is 28.1 Å². The van der Waals surface area contributed by atoms with Crippen LogP contribution >= 0.6 is 0 Å². The van der Waals surface area contributed by atoms with Crippen LogP contribution in [0.4, 0.5) is 17.1 Å². The predicted octanol–water partition coefficient (Wildman–Crippen LogP) is 2.29. The summed E-state index contributed by atoms with van der Waals surface area (Å²) in [6.45, 7) is 0.990. The number of anilines is 2. The highest BCUT2D eigenvalue weighted by Gasteiger charge is 2.23. The SMILES string of the molecule is CC(=O)C(=O)Nc1cc(NS(C)(=O)=O)c(Oc2ccccc2)cc1[N+](=O)[O-]. The minimum Gasteiger partial charge on any atom is -0.455 e. The molecule has 0 fully saturated rings. The maximum Gasteiger partial charge on any atom is 0.296 e. The van der Waals surface area contributed by atoms with Gasteiger partial charge in [0, 0.05) is 6.92 Å². The minimum absolute atomic E-state index is 0.147. The Kier molecular flexibility index (Phi) is 5.75. The zero-order chi connectivity index (χ0) is 20.2. The number of nitro groups is 1. The first kappa shape index (κ1) is 19.8. The smallest absolute Gasteiger partial charge is 0.296 e. The Morgan fingerprint density at radius 2 is 1.74 bits per heavy atom. The van der Waals surface area contributed by atoms with E-state index in [1.165, 1.54) is 0 Å². The lowest BCUT2D eigenvalue weighted by molar-refractivity contribution is -0.384. The number of Topliss-reactive ketones (excluding diaryl/α,β-unsaturated/α-hetero) is 1. The second-order valence-corrected chi connectivity index (χ2v) is 7.17. The van der Waals surface area contributed by atoms with Gasteiger partial charge in [-0.2, -0.15) is 0 Å². The van der Waals surface area contributed by atoms with Gasteiger partial charge < -0.3 is 10.1 Å². The first-order valence-corrected chi connectivity index (χ1v) is 9.31. The zero-order valence-electron chi connectivity index (χ0n) is 14.3. The molecule has 0 spiro atoms. The minimum atomic E-state index is -3.77. The van der Waals surface area contributed by atoms with Crippen molar-refractivity contribution in [2.75, 3.05) is 16.3 Å². The van der Waals surface area contributed by atoms with E-state index >= 15 is 0 Å². The molecule has 2 N–H and O–H groups in total. The molecule has 0 saturated heterocycles. The third kappa shape index (κ3) is 5.51. The number of ether oxygens (including phenoxy) is 1. The summed E-state index contributed by atoms with van der Waals surface area (Å²) < 4.78 is 31.0. The topological polar surface area (TPSA) is 145 Å². The van der Waals surface area contributed by atoms with Gasteiger partial charge in [-0.3, -0.25) is 24.4 Å². The van der Waals surface area contributed by atoms with E-state index in [-0.39, 0.29) is 17.1 Å². The van der Waals surface area contributed by atoms with Crippen LogP contribution in [0.25, 0.3) is 0 Å². The van der Waals surface area contributed by atoms with Crippen LogP contribution in [0.2, 0.25) is 0 Å². The van der Waals surface area contributed by atoms with Crippen molar-refractivity contribution in [3.05, 3.63) is 52.6 Å². The number of nitrogens with zero attached hydrogens (tertiary/aromatic N) is 1. The monoisotopic (exact) mass is 393 g/mol. The maximum absolute atomic E-state index is 11.6. The standard InChI is InChI=1S/C16H15N3O7S/c1-10(20)16(21)17-12-8-13(18-27(2,24)25)15(9-14(12)19(22)23)26-11-6-4-3-5-7-11/h3-9,18H,1-2H3,(H,17,21). The molecule has 0 aliphatic heterocycles. The zero-order valence-corrected chi connectivity index (χ0v) is 15.1. The van der Waals surface area contributed by atoms with Crippen molar-refractivity contribution in [3.63, 3.8) is 0 Å². The van der Waals surface area contributed by atoms with Crippen LogP contribution in [0.15, 0.2) is 42.5 Å². The number of carbonyl (C=O) groups excluding carboxylic acids is 2. The first-order chi connectivity index (χ1) is 12.6. The Morgan fingerprint density at radius 3 is 2.26 bits per heavy atom. The predicted molar refractivity (Wildman–Crippen MR) is 97.4 cm³/mol. The number of carbonyl (C=O) groups is 2. The molecule has 0 aromatic heterocycles. The van der Waals surface area contributed by atoms with Gasteiger partial charge in [0.05, 0.1) is 22.9 Å². The number of rotatable bonds is 7. The molecule has 1 amide bonds. The van der Waals surface area contributed by atoms with Gasteiger partial charge in [0.25, 0.3) is 11.6 Å². The van der Waals surface area contributed by atoms with Crippen LogP contribution in [-0.2, 0) is 19.6 Å². The van der Waals surface area contributed by atoms with E-state index in [0.717, 1.165) is 25.3 Å². The Labute approximate surface area is 154 Å². The second-order valence-electron chi connectivity index (χ2n) is 5.42. The van der Waals surface area contributed by atoms with Crippen LogP contribution < -0.4 is 14.8 Å². The largest absolute Gasteiger partial charge is 0.455 e. The van der Waals surface area contributed by atoms with Crippen LogP contribution in [0.5, 0.6) is 11.5 Å². The molecule has 142 valence electrons. The number of para-hydroxylation sites is 1. The quantitative estimate of drug-likeness (QED) is 0.417. The number of hydrogen-bond acceptors (Lipinski definition) is 7. The summed E-state index contributed by atoms with van der Waals surface area (Å²) in [5.41, 5.74) is -1.08. The van der Waals surface area contributed by atoms with Gasteiger partial charge in [0.1, 0.15) is 11.4 Å². The van der Waals surface area contributed by atoms with Crippen molar-refractivity contribution >= 4 is 38.8 Å². The molecule has 11 heteroatoms. The molecule has 0 radical (unpaired) electrons. The van der Waals surface area contributed by atoms with Gasteiger partial charge in [0.15, 0.2) is 5.75 Å². The molecular weight excluding hydrogens is 378 g/mol. The van der Waals surface area contributed by atoms with Crippen molar-refractivity contribution in [2.45, 2.75) is 6.92 Å². The van der Waals surface area contributed by atoms with E-state index in [1.54, 1.807) is 30.3 Å². The molecule has 27 heavy (non-hydrogen) atoms. The fourth-order valence-electron chi connectivity index (χ4n) is 2.01. The number of nitrogens with one attached hydrogen (secondary N) is 2. The summed E-state index contributed by atoms with van der Waals surface area (Å²) in [6.07, 6.45) is 0.883. The fourth-order valence-corrected chi connectivity index (χ4v) is 2.57. The highest BCUT2D eigenvalue weighted by atomic mass is 32.2. The van der Waals surface area contributed by atoms with Gasteiger partial charge >= 0.3 is 0 Å². The third-order valence-electron chi connectivity index (χ3n) is 3.13. The molecule has 0 unspecified atom stereocenters. The number of ketones is 1. The molecule has 2 aromatic rings. The molecular formula is C16H15N3O7S. The van der Waals surface area contributed by atoms with Crippen molar-refractivity contribution in [3.8, 4) is 11.5 Å². The summed E-state index contributed by atoms with van der Waals surface area (Å²) in [7, 11) is -3.77. The second kappa shape index (κ2) is 7.83. The van der Waals surface area contributed by atoms with Crippen LogP contribution in [-0.4, -0.2) is 31.3 Å². The van der Waals surface area contributed by atoms with E-state index in [0.29, 0.717) is 5.75 Å². The number of hydrogen-bond donors (Lipinski definition) is 2. The van der Waals surface area contributed by atoms with Crippen molar-refractivity contribution in [2.24, 2.45) is 0 Å². The van der Waals surface area contributed by atoms with Gasteiger partial charge in [-0.15, -0.1) is 0 Å². The lowest BCUT2D eigenvalue weighted by Crippen LogP contribution is -2.20. The van der Waals surface area contributed by atoms with E-state index in [1.807, 2.05) is 0 Å². The average Bonchev–Trinajstić information content (AvgIpc) is 2.56. The summed E-state index contributed by atoms with van der Waals surface area (Å²) in [6, 6.07) is 10.2. The van der Waals surface area contributed by atoms with E-state index in [2.05, 4.69) is 10.0 Å². The van der Waals surface area contributed by atoms with Crippen LogP contribution in [0, 0.1) is 10.1 Å². The van der Waals surface area contributed by atoms with Crippen molar-refractivity contribution in [1.82, 2.24) is 0 Å². The van der Waals surface area contributed by atoms with E-state index < -0.39 is 32.3 Å². The molecule has 10 nitrogen and oxygen atoms in total. The Balaban J connectivity index is 2.59. The Hall–Kier alpha value is -3.47. The van der Waals surface area contributed by atoms with Crippen molar-refractivity contribution < 1.29 is 27.7 Å². The number of amides is 1. The molecule has 0 bridgehead atoms. The number of benzene rings is 2. The Bertz CT molecular complexity index is 1000. The van der Waals surface area contributed by atoms with E-state index in [4.69, 9.17) is 4.74 Å². The highest BCUT2D eigenvalue weighted by molar-refractivity contribution is 7.92. The lowest BCUT2D eigenvalue weighted by atomic mass is 10.2. The van der Waals surface area contributed by atoms with Gasteiger partial charge in [-0.1, -0.05) is 18.2 Å². The first-order valence-electron chi connectivity index (χ1n) is 7.42. The normalized spacial score (nSPS) is 10.7. The highest BCUT2D eigenvalue weighted by Crippen LogP contribution is 2.39. The Morgan fingerprint density at radius 1 is 1.11 bits per heavy atom. The molecule has 0 aliphatic carbocycles. The molecule has 0 saturated carbocycles. The molecule has 0 aliphatic rings. The van der Waals surface area contributed by atoms with Crippen LogP contribution in [0.1, 0.15) is 6.92 Å². The van der Waals surface area contributed by atoms with Gasteiger partial charge in [-0.05, 0) is 18.2 Å². The fraction of sp³-hybridized carbons (Fsp3) is 0.125. The lowest BCUT2D eigenvalue weighted by Gasteiger charge is -2.14. The molecule has 2 rings (SSSR count). The summed E-state index contributed by atoms with van der Waals surface area (Å²) in [5, 5.41) is 13.4. The number of nitro benzene ring substituents is 1. The van der Waals surface area contributed by atoms with Gasteiger partial charge in [-0.25, -0.2) is 8.42 Å². The maximum atomic E-state index is 11.6. The third-order valence-corrected chi connectivity index (χ3v) is 3.72.